The van der Waals surface area contributed by atoms with E-state index in [2.05, 4.69) is 5.32 Å². The van der Waals surface area contributed by atoms with Gasteiger partial charge in [-0.05, 0) is 36.8 Å². The molecule has 0 saturated carbocycles. The summed E-state index contributed by atoms with van der Waals surface area (Å²) in [5, 5.41) is 13.5. The third-order valence-electron chi connectivity index (χ3n) is 4.19. The molecule has 0 aromatic heterocycles. The monoisotopic (exact) mass is 389 g/mol. The number of carbonyl (C=O) groups is 2. The Morgan fingerprint density at radius 2 is 2.07 bits per heavy atom. The third kappa shape index (κ3) is 4.08. The molecule has 2 aromatic rings. The third-order valence-corrected chi connectivity index (χ3v) is 5.20. The quantitative estimate of drug-likeness (QED) is 0.640. The molecule has 1 saturated heterocycles. The van der Waals surface area contributed by atoms with Gasteiger partial charge in [-0.2, -0.15) is 0 Å². The largest absolute Gasteiger partial charge is 0.324 e. The minimum atomic E-state index is -0.708. The first-order chi connectivity index (χ1) is 12.9. The molecule has 1 unspecified atom stereocenters. The van der Waals surface area contributed by atoms with Crippen molar-refractivity contribution in [1.82, 2.24) is 4.90 Å². The molecule has 3 rings (SSSR count). The Labute approximate surface area is 158 Å². The fraction of sp³-hybridized carbons (Fsp3) is 0.222. The van der Waals surface area contributed by atoms with Gasteiger partial charge in [0.15, 0.2) is 0 Å². The summed E-state index contributed by atoms with van der Waals surface area (Å²) >= 11 is 1.43. The fourth-order valence-corrected chi connectivity index (χ4v) is 3.96. The Balaban J connectivity index is 1.78. The zero-order chi connectivity index (χ0) is 19.6. The second kappa shape index (κ2) is 7.75. The van der Waals surface area contributed by atoms with Gasteiger partial charge in [0.05, 0.1) is 10.8 Å². The summed E-state index contributed by atoms with van der Waals surface area (Å²) in [6, 6.07) is 8.82. The summed E-state index contributed by atoms with van der Waals surface area (Å²) < 4.78 is 13.3. The molecule has 0 radical (unpaired) electrons. The van der Waals surface area contributed by atoms with E-state index in [4.69, 9.17) is 0 Å². The Bertz CT molecular complexity index is 921. The molecule has 0 spiro atoms. The Kier molecular flexibility index (Phi) is 5.41. The molecule has 1 heterocycles. The van der Waals surface area contributed by atoms with Crippen LogP contribution in [0.2, 0.25) is 0 Å². The number of thioether (sulfide) groups is 1. The fourth-order valence-electron chi connectivity index (χ4n) is 2.81. The van der Waals surface area contributed by atoms with E-state index in [9.17, 15) is 24.1 Å². The van der Waals surface area contributed by atoms with E-state index in [0.29, 0.717) is 28.4 Å². The van der Waals surface area contributed by atoms with Crippen LogP contribution in [0, 0.1) is 22.9 Å². The van der Waals surface area contributed by atoms with E-state index < -0.39 is 22.7 Å². The van der Waals surface area contributed by atoms with Crippen LogP contribution in [0.15, 0.2) is 42.5 Å². The van der Waals surface area contributed by atoms with E-state index in [1.165, 1.54) is 53.1 Å². The van der Waals surface area contributed by atoms with Gasteiger partial charge in [-0.15, -0.1) is 11.8 Å². The summed E-state index contributed by atoms with van der Waals surface area (Å²) in [6.45, 7) is 1.62. The average Bonchev–Trinajstić information content (AvgIpc) is 3.11. The maximum Gasteiger partial charge on any atom is 0.269 e. The van der Waals surface area contributed by atoms with Gasteiger partial charge in [0.25, 0.3) is 11.6 Å². The van der Waals surface area contributed by atoms with Crippen molar-refractivity contribution < 1.29 is 18.9 Å². The molecule has 0 aliphatic carbocycles. The molecule has 1 fully saturated rings. The number of nitrogens with zero attached hydrogens (tertiary/aromatic N) is 2. The van der Waals surface area contributed by atoms with Crippen LogP contribution in [0.3, 0.4) is 0 Å². The lowest BCUT2D eigenvalue weighted by Crippen LogP contribution is -2.44. The summed E-state index contributed by atoms with van der Waals surface area (Å²) in [5.74, 6) is -0.497. The number of anilines is 1. The van der Waals surface area contributed by atoms with Crippen molar-refractivity contribution >= 4 is 35.0 Å². The number of non-ortho nitro benzene ring substituents is 1. The first-order valence-corrected chi connectivity index (χ1v) is 9.22. The first kappa shape index (κ1) is 18.8. The summed E-state index contributed by atoms with van der Waals surface area (Å²) in [6.07, 6.45) is 0. The van der Waals surface area contributed by atoms with E-state index in [1.807, 2.05) is 0 Å². The highest BCUT2D eigenvalue weighted by molar-refractivity contribution is 7.99. The number of aryl methyl sites for hydroxylation is 1. The molecule has 27 heavy (non-hydrogen) atoms. The van der Waals surface area contributed by atoms with E-state index in [0.717, 1.165) is 0 Å². The first-order valence-electron chi connectivity index (χ1n) is 8.07. The topological polar surface area (TPSA) is 92.6 Å². The SMILES string of the molecule is Cc1cc([N+](=O)[O-])ccc1C(=O)N1CSCC1C(=O)Nc1cccc(F)c1. The molecular formula is C18H16FN3O4S. The van der Waals surface area contributed by atoms with Crippen LogP contribution in [0.4, 0.5) is 15.8 Å². The molecule has 9 heteroatoms. The number of hydrogen-bond donors (Lipinski definition) is 1. The van der Waals surface area contributed by atoms with E-state index in [-0.39, 0.29) is 11.6 Å². The second-order valence-corrected chi connectivity index (χ2v) is 7.05. The van der Waals surface area contributed by atoms with Gasteiger partial charge in [-0.3, -0.25) is 19.7 Å². The minimum absolute atomic E-state index is 0.0970. The highest BCUT2D eigenvalue weighted by Crippen LogP contribution is 2.26. The number of nitro groups is 1. The number of benzene rings is 2. The molecule has 7 nitrogen and oxygen atoms in total. The van der Waals surface area contributed by atoms with Crippen LogP contribution in [-0.2, 0) is 4.79 Å². The predicted octanol–water partition coefficient (Wildman–Crippen LogP) is 3.20. The normalized spacial score (nSPS) is 16.2. The van der Waals surface area contributed by atoms with Gasteiger partial charge < -0.3 is 10.2 Å². The van der Waals surface area contributed by atoms with Crippen molar-refractivity contribution in [3.8, 4) is 0 Å². The summed E-state index contributed by atoms with van der Waals surface area (Å²) in [7, 11) is 0. The number of carbonyl (C=O) groups excluding carboxylic acids is 2. The van der Waals surface area contributed by atoms with Crippen LogP contribution in [0.25, 0.3) is 0 Å². The minimum Gasteiger partial charge on any atom is -0.324 e. The number of nitro benzene ring substituents is 1. The van der Waals surface area contributed by atoms with Crippen LogP contribution in [0.5, 0.6) is 0 Å². The van der Waals surface area contributed by atoms with Crippen molar-refractivity contribution in [2.24, 2.45) is 0 Å². The smallest absolute Gasteiger partial charge is 0.269 e. The zero-order valence-electron chi connectivity index (χ0n) is 14.3. The number of halogens is 1. The average molecular weight is 389 g/mol. The van der Waals surface area contributed by atoms with Gasteiger partial charge in [-0.1, -0.05) is 6.07 Å². The lowest BCUT2D eigenvalue weighted by Gasteiger charge is -2.23. The molecule has 2 aromatic carbocycles. The van der Waals surface area contributed by atoms with Crippen LogP contribution < -0.4 is 5.32 Å². The van der Waals surface area contributed by atoms with Gasteiger partial charge >= 0.3 is 0 Å². The second-order valence-electron chi connectivity index (χ2n) is 6.05. The number of nitrogens with one attached hydrogen (secondary N) is 1. The van der Waals surface area contributed by atoms with Gasteiger partial charge in [-0.25, -0.2) is 4.39 Å². The molecular weight excluding hydrogens is 373 g/mol. The molecule has 2 amide bonds. The van der Waals surface area contributed by atoms with Crippen LogP contribution in [0.1, 0.15) is 15.9 Å². The maximum atomic E-state index is 13.3. The van der Waals surface area contributed by atoms with Gasteiger partial charge in [0.1, 0.15) is 11.9 Å². The number of rotatable bonds is 4. The molecule has 140 valence electrons. The standard InChI is InChI=1S/C18H16FN3O4S/c1-11-7-14(22(25)26)5-6-15(11)18(24)21-10-27-9-16(21)17(23)20-13-4-2-3-12(19)8-13/h2-8,16H,9-10H2,1H3,(H,20,23). The van der Waals surface area contributed by atoms with Crippen molar-refractivity contribution in [1.29, 1.82) is 0 Å². The molecule has 0 bridgehead atoms. The predicted molar refractivity (Wildman–Crippen MR) is 100 cm³/mol. The van der Waals surface area contributed by atoms with Gasteiger partial charge in [0.2, 0.25) is 5.91 Å². The lowest BCUT2D eigenvalue weighted by atomic mass is 10.1. The molecule has 1 atom stereocenters. The van der Waals surface area contributed by atoms with Gasteiger partial charge in [0, 0.05) is 29.1 Å². The number of amides is 2. The highest BCUT2D eigenvalue weighted by Gasteiger charge is 2.35. The number of hydrogen-bond acceptors (Lipinski definition) is 5. The molecule has 1 aliphatic rings. The molecule has 1 N–H and O–H groups in total. The summed E-state index contributed by atoms with van der Waals surface area (Å²) in [5.41, 5.74) is 0.998. The molecule has 1 aliphatic heterocycles. The Morgan fingerprint density at radius 3 is 2.74 bits per heavy atom. The van der Waals surface area contributed by atoms with E-state index in [1.54, 1.807) is 13.0 Å². The maximum absolute atomic E-state index is 13.3. The Morgan fingerprint density at radius 1 is 1.30 bits per heavy atom. The van der Waals surface area contributed by atoms with Crippen molar-refractivity contribution in [2.45, 2.75) is 13.0 Å². The van der Waals surface area contributed by atoms with Crippen molar-refractivity contribution in [3.63, 3.8) is 0 Å². The van der Waals surface area contributed by atoms with Crippen LogP contribution >= 0.6 is 11.8 Å². The highest BCUT2D eigenvalue weighted by atomic mass is 32.2. The van der Waals surface area contributed by atoms with Crippen LogP contribution in [-0.4, -0.2) is 39.3 Å². The lowest BCUT2D eigenvalue weighted by molar-refractivity contribution is -0.384. The van der Waals surface area contributed by atoms with E-state index >= 15 is 0 Å². The summed E-state index contributed by atoms with van der Waals surface area (Å²) in [4.78, 5) is 37.2. The van der Waals surface area contributed by atoms with Crippen molar-refractivity contribution in [2.75, 3.05) is 16.9 Å². The Hall–Kier alpha value is -2.94. The zero-order valence-corrected chi connectivity index (χ0v) is 15.2. The van der Waals surface area contributed by atoms with Crippen molar-refractivity contribution in [3.05, 3.63) is 69.5 Å².